The molecule has 3 nitrogen and oxygen atoms in total. The second kappa shape index (κ2) is 8.37. The number of benzene rings is 3. The summed E-state index contributed by atoms with van der Waals surface area (Å²) >= 11 is 0. The van der Waals surface area contributed by atoms with E-state index in [1.807, 2.05) is 30.3 Å². The standard InChI is InChI=1S/C21H23NO2/c1-2-22-16-20-19-11-7-6-8-17(19)12-13-21(20)24-15-14-23-18-9-4-3-5-10-18/h3-13,22H,2,14-16H2,1H3. The lowest BCUT2D eigenvalue weighted by Gasteiger charge is -2.15. The molecule has 3 heteroatoms. The van der Waals surface area contributed by atoms with Crippen molar-refractivity contribution in [1.29, 1.82) is 0 Å². The number of hydrogen-bond acceptors (Lipinski definition) is 3. The van der Waals surface area contributed by atoms with Crippen molar-refractivity contribution in [2.75, 3.05) is 19.8 Å². The van der Waals surface area contributed by atoms with E-state index >= 15 is 0 Å². The van der Waals surface area contributed by atoms with Crippen molar-refractivity contribution in [2.24, 2.45) is 0 Å². The molecule has 24 heavy (non-hydrogen) atoms. The number of hydrogen-bond donors (Lipinski definition) is 1. The van der Waals surface area contributed by atoms with Crippen molar-refractivity contribution in [3.05, 3.63) is 72.3 Å². The second-order valence-corrected chi connectivity index (χ2v) is 5.55. The molecule has 0 aromatic heterocycles. The Morgan fingerprint density at radius 2 is 1.54 bits per heavy atom. The highest BCUT2D eigenvalue weighted by molar-refractivity contribution is 5.87. The molecule has 0 unspecified atom stereocenters. The Kier molecular flexibility index (Phi) is 5.70. The van der Waals surface area contributed by atoms with Gasteiger partial charge in [-0.1, -0.05) is 55.5 Å². The number of para-hydroxylation sites is 1. The molecule has 0 radical (unpaired) electrons. The van der Waals surface area contributed by atoms with E-state index in [0.717, 1.165) is 24.6 Å². The molecule has 3 aromatic carbocycles. The van der Waals surface area contributed by atoms with E-state index in [9.17, 15) is 0 Å². The normalized spacial score (nSPS) is 10.7. The van der Waals surface area contributed by atoms with Crippen LogP contribution in [-0.2, 0) is 6.54 Å². The first-order valence-electron chi connectivity index (χ1n) is 8.40. The maximum absolute atomic E-state index is 6.00. The summed E-state index contributed by atoms with van der Waals surface area (Å²) in [6, 6.07) is 22.4. The van der Waals surface area contributed by atoms with E-state index < -0.39 is 0 Å². The van der Waals surface area contributed by atoms with E-state index in [-0.39, 0.29) is 0 Å². The number of nitrogens with one attached hydrogen (secondary N) is 1. The highest BCUT2D eigenvalue weighted by Gasteiger charge is 2.08. The topological polar surface area (TPSA) is 30.5 Å². The molecule has 0 saturated carbocycles. The molecule has 0 saturated heterocycles. The van der Waals surface area contributed by atoms with Crippen molar-refractivity contribution in [3.8, 4) is 11.5 Å². The van der Waals surface area contributed by atoms with Crippen LogP contribution in [-0.4, -0.2) is 19.8 Å². The van der Waals surface area contributed by atoms with Crippen LogP contribution in [0.25, 0.3) is 10.8 Å². The zero-order valence-corrected chi connectivity index (χ0v) is 14.0. The van der Waals surface area contributed by atoms with Crippen LogP contribution >= 0.6 is 0 Å². The van der Waals surface area contributed by atoms with Gasteiger partial charge in [-0.05, 0) is 35.5 Å². The van der Waals surface area contributed by atoms with E-state index in [1.54, 1.807) is 0 Å². The van der Waals surface area contributed by atoms with Gasteiger partial charge in [-0.2, -0.15) is 0 Å². The Balaban J connectivity index is 1.68. The zero-order chi connectivity index (χ0) is 16.6. The summed E-state index contributed by atoms with van der Waals surface area (Å²) in [6.45, 7) is 4.88. The average molecular weight is 321 g/mol. The lowest BCUT2D eigenvalue weighted by Crippen LogP contribution is -2.15. The van der Waals surface area contributed by atoms with Crippen molar-refractivity contribution in [1.82, 2.24) is 5.32 Å². The monoisotopic (exact) mass is 321 g/mol. The van der Waals surface area contributed by atoms with Crippen LogP contribution in [0.15, 0.2) is 66.7 Å². The first-order chi connectivity index (χ1) is 11.9. The third-order valence-electron chi connectivity index (χ3n) is 3.90. The number of rotatable bonds is 8. The molecule has 0 aliphatic heterocycles. The fraction of sp³-hybridized carbons (Fsp3) is 0.238. The molecule has 0 aliphatic carbocycles. The van der Waals surface area contributed by atoms with Gasteiger partial charge in [-0.3, -0.25) is 0 Å². The van der Waals surface area contributed by atoms with Gasteiger partial charge in [0.05, 0.1) is 0 Å². The van der Waals surface area contributed by atoms with E-state index in [4.69, 9.17) is 9.47 Å². The summed E-state index contributed by atoms with van der Waals surface area (Å²) < 4.78 is 11.7. The maximum Gasteiger partial charge on any atom is 0.124 e. The second-order valence-electron chi connectivity index (χ2n) is 5.55. The van der Waals surface area contributed by atoms with Crippen LogP contribution in [0, 0.1) is 0 Å². The van der Waals surface area contributed by atoms with Crippen molar-refractivity contribution >= 4 is 10.8 Å². The van der Waals surface area contributed by atoms with Crippen LogP contribution in [0.5, 0.6) is 11.5 Å². The van der Waals surface area contributed by atoms with E-state index in [2.05, 4.69) is 48.6 Å². The molecule has 0 heterocycles. The highest BCUT2D eigenvalue weighted by atomic mass is 16.5. The number of ether oxygens (including phenoxy) is 2. The summed E-state index contributed by atoms with van der Waals surface area (Å²) in [5.41, 5.74) is 1.20. The molecule has 0 amide bonds. The molecule has 0 spiro atoms. The van der Waals surface area contributed by atoms with Crippen LogP contribution < -0.4 is 14.8 Å². The van der Waals surface area contributed by atoms with Gasteiger partial charge in [0.1, 0.15) is 24.7 Å². The summed E-state index contributed by atoms with van der Waals surface area (Å²) in [6.07, 6.45) is 0. The predicted octanol–water partition coefficient (Wildman–Crippen LogP) is 4.41. The van der Waals surface area contributed by atoms with Crippen molar-refractivity contribution in [3.63, 3.8) is 0 Å². The lowest BCUT2D eigenvalue weighted by molar-refractivity contribution is 0.216. The molecular weight excluding hydrogens is 298 g/mol. The molecule has 1 N–H and O–H groups in total. The first-order valence-corrected chi connectivity index (χ1v) is 8.40. The molecule has 0 aliphatic rings. The van der Waals surface area contributed by atoms with Gasteiger partial charge in [-0.25, -0.2) is 0 Å². The summed E-state index contributed by atoms with van der Waals surface area (Å²) in [7, 11) is 0. The van der Waals surface area contributed by atoms with Crippen LogP contribution in [0.2, 0.25) is 0 Å². The Bertz CT molecular complexity index is 771. The first kappa shape index (κ1) is 16.3. The fourth-order valence-corrected chi connectivity index (χ4v) is 2.71. The molecule has 3 aromatic rings. The van der Waals surface area contributed by atoms with Gasteiger partial charge in [0.15, 0.2) is 0 Å². The largest absolute Gasteiger partial charge is 0.490 e. The quantitative estimate of drug-likeness (QED) is 0.624. The van der Waals surface area contributed by atoms with Crippen molar-refractivity contribution in [2.45, 2.75) is 13.5 Å². The van der Waals surface area contributed by atoms with Gasteiger partial charge in [0.25, 0.3) is 0 Å². The zero-order valence-electron chi connectivity index (χ0n) is 14.0. The smallest absolute Gasteiger partial charge is 0.124 e. The van der Waals surface area contributed by atoms with Gasteiger partial charge in [-0.15, -0.1) is 0 Å². The van der Waals surface area contributed by atoms with Gasteiger partial charge >= 0.3 is 0 Å². The van der Waals surface area contributed by atoms with Crippen LogP contribution in [0.4, 0.5) is 0 Å². The van der Waals surface area contributed by atoms with Crippen LogP contribution in [0.1, 0.15) is 12.5 Å². The van der Waals surface area contributed by atoms with Crippen molar-refractivity contribution < 1.29 is 9.47 Å². The van der Waals surface area contributed by atoms with E-state index in [1.165, 1.54) is 16.3 Å². The molecule has 0 bridgehead atoms. The third kappa shape index (κ3) is 4.06. The summed E-state index contributed by atoms with van der Waals surface area (Å²) in [5, 5.41) is 5.87. The minimum atomic E-state index is 0.520. The van der Waals surface area contributed by atoms with E-state index in [0.29, 0.717) is 13.2 Å². The molecule has 0 fully saturated rings. The molecule has 124 valence electrons. The Hall–Kier alpha value is -2.52. The Morgan fingerprint density at radius 3 is 2.38 bits per heavy atom. The molecular formula is C21H23NO2. The minimum absolute atomic E-state index is 0.520. The maximum atomic E-state index is 6.00. The van der Waals surface area contributed by atoms with Gasteiger partial charge < -0.3 is 14.8 Å². The lowest BCUT2D eigenvalue weighted by atomic mass is 10.0. The fourth-order valence-electron chi connectivity index (χ4n) is 2.71. The average Bonchev–Trinajstić information content (AvgIpc) is 2.64. The predicted molar refractivity (Wildman–Crippen MR) is 98.8 cm³/mol. The third-order valence-corrected chi connectivity index (χ3v) is 3.90. The number of fused-ring (bicyclic) bond motifs is 1. The molecule has 0 atom stereocenters. The SMILES string of the molecule is CCNCc1c(OCCOc2ccccc2)ccc2ccccc12. The van der Waals surface area contributed by atoms with Gasteiger partial charge in [0, 0.05) is 12.1 Å². The molecule has 3 rings (SSSR count). The highest BCUT2D eigenvalue weighted by Crippen LogP contribution is 2.28. The Morgan fingerprint density at radius 1 is 0.792 bits per heavy atom. The van der Waals surface area contributed by atoms with Gasteiger partial charge in [0.2, 0.25) is 0 Å². The van der Waals surface area contributed by atoms with Crippen LogP contribution in [0.3, 0.4) is 0 Å². The summed E-state index contributed by atoms with van der Waals surface area (Å²) in [4.78, 5) is 0. The summed E-state index contributed by atoms with van der Waals surface area (Å²) in [5.74, 6) is 1.79. The minimum Gasteiger partial charge on any atom is -0.490 e. The Labute approximate surface area is 143 Å².